The van der Waals surface area contributed by atoms with Crippen LogP contribution in [0.3, 0.4) is 0 Å². The molecule has 0 amide bonds. The highest BCUT2D eigenvalue weighted by molar-refractivity contribution is 5.92. The maximum absolute atomic E-state index is 8.81. The fourth-order valence-corrected chi connectivity index (χ4v) is 2.95. The van der Waals surface area contributed by atoms with E-state index in [0.29, 0.717) is 30.7 Å². The molecule has 0 aliphatic carbocycles. The minimum absolute atomic E-state index is 0.482. The molecule has 0 unspecified atom stereocenters. The SMILES string of the molecule is CC.CC=O.c1cc(Nc2ccnc(Nc3ccc4c(c3)OCCO4)n2)c2cn[nH]c2c1. The van der Waals surface area contributed by atoms with Crippen molar-refractivity contribution in [1.29, 1.82) is 0 Å². The van der Waals surface area contributed by atoms with Crippen molar-refractivity contribution in [2.75, 3.05) is 23.8 Å². The largest absolute Gasteiger partial charge is 0.486 e. The highest BCUT2D eigenvalue weighted by Crippen LogP contribution is 2.33. The molecule has 0 fully saturated rings. The number of aldehydes is 1. The van der Waals surface area contributed by atoms with Gasteiger partial charge in [0, 0.05) is 23.3 Å². The second-order valence-corrected chi connectivity index (χ2v) is 6.25. The number of aromatic amines is 1. The molecule has 0 saturated heterocycles. The van der Waals surface area contributed by atoms with E-state index in [1.165, 1.54) is 6.92 Å². The molecule has 1 aliphatic rings. The van der Waals surface area contributed by atoms with E-state index in [1.807, 2.05) is 56.3 Å². The number of aromatic nitrogens is 4. The van der Waals surface area contributed by atoms with Gasteiger partial charge in [0.1, 0.15) is 25.3 Å². The summed E-state index contributed by atoms with van der Waals surface area (Å²) in [6.45, 7) is 6.56. The molecule has 0 radical (unpaired) electrons. The van der Waals surface area contributed by atoms with Crippen molar-refractivity contribution in [3.63, 3.8) is 0 Å². The molecule has 3 N–H and O–H groups in total. The molecular formula is C23H26N6O3. The Kier molecular flexibility index (Phi) is 7.96. The van der Waals surface area contributed by atoms with Crippen LogP contribution in [0.2, 0.25) is 0 Å². The number of anilines is 4. The van der Waals surface area contributed by atoms with E-state index in [0.717, 1.165) is 34.3 Å². The third-order valence-electron chi connectivity index (χ3n) is 4.20. The van der Waals surface area contributed by atoms with Crippen molar-refractivity contribution in [2.24, 2.45) is 0 Å². The number of carbonyl (C=O) groups is 1. The summed E-state index contributed by atoms with van der Waals surface area (Å²) in [5, 5.41) is 14.5. The number of rotatable bonds is 4. The lowest BCUT2D eigenvalue weighted by atomic mass is 10.2. The summed E-state index contributed by atoms with van der Waals surface area (Å²) in [5.41, 5.74) is 2.71. The normalized spacial score (nSPS) is 11.3. The van der Waals surface area contributed by atoms with Crippen molar-refractivity contribution in [2.45, 2.75) is 20.8 Å². The van der Waals surface area contributed by atoms with Crippen LogP contribution in [0.5, 0.6) is 11.5 Å². The zero-order valence-electron chi connectivity index (χ0n) is 18.3. The minimum Gasteiger partial charge on any atom is -0.486 e. The van der Waals surface area contributed by atoms with Gasteiger partial charge in [-0.2, -0.15) is 10.1 Å². The van der Waals surface area contributed by atoms with Gasteiger partial charge < -0.3 is 24.9 Å². The zero-order valence-corrected chi connectivity index (χ0v) is 18.3. The number of nitrogens with one attached hydrogen (secondary N) is 3. The molecule has 0 atom stereocenters. The summed E-state index contributed by atoms with van der Waals surface area (Å²) >= 11 is 0. The van der Waals surface area contributed by atoms with Crippen LogP contribution in [-0.2, 0) is 4.79 Å². The lowest BCUT2D eigenvalue weighted by Crippen LogP contribution is -2.15. The number of benzene rings is 2. The Hall–Kier alpha value is -4.14. The molecule has 9 nitrogen and oxygen atoms in total. The van der Waals surface area contributed by atoms with Gasteiger partial charge in [0.05, 0.1) is 17.4 Å². The lowest BCUT2D eigenvalue weighted by molar-refractivity contribution is -0.106. The number of ether oxygens (including phenoxy) is 2. The summed E-state index contributed by atoms with van der Waals surface area (Å²) in [4.78, 5) is 17.6. The van der Waals surface area contributed by atoms with Crippen molar-refractivity contribution in [3.05, 3.63) is 54.9 Å². The Morgan fingerprint density at radius 3 is 2.62 bits per heavy atom. The van der Waals surface area contributed by atoms with Gasteiger partial charge in [0.15, 0.2) is 11.5 Å². The Morgan fingerprint density at radius 2 is 1.81 bits per heavy atom. The predicted molar refractivity (Wildman–Crippen MR) is 125 cm³/mol. The van der Waals surface area contributed by atoms with Gasteiger partial charge in [0.25, 0.3) is 0 Å². The maximum atomic E-state index is 8.81. The smallest absolute Gasteiger partial charge is 0.229 e. The number of H-pyrrole nitrogens is 1. The zero-order chi connectivity index (χ0) is 22.8. The maximum Gasteiger partial charge on any atom is 0.229 e. The molecule has 166 valence electrons. The monoisotopic (exact) mass is 434 g/mol. The Labute approximate surface area is 186 Å². The molecule has 1 aliphatic heterocycles. The first-order valence-electron chi connectivity index (χ1n) is 10.4. The van der Waals surface area contributed by atoms with Gasteiger partial charge in [-0.3, -0.25) is 5.10 Å². The second-order valence-electron chi connectivity index (χ2n) is 6.25. The third kappa shape index (κ3) is 5.51. The minimum atomic E-state index is 0.482. The number of fused-ring (bicyclic) bond motifs is 2. The van der Waals surface area contributed by atoms with Gasteiger partial charge in [-0.1, -0.05) is 19.9 Å². The molecular weight excluding hydrogens is 408 g/mol. The molecule has 32 heavy (non-hydrogen) atoms. The fraction of sp³-hybridized carbons (Fsp3) is 0.217. The quantitative estimate of drug-likeness (QED) is 0.391. The van der Waals surface area contributed by atoms with Gasteiger partial charge in [-0.25, -0.2) is 4.98 Å². The van der Waals surface area contributed by atoms with Crippen LogP contribution in [0.1, 0.15) is 20.8 Å². The molecule has 0 bridgehead atoms. The second kappa shape index (κ2) is 11.3. The average Bonchev–Trinajstić information content (AvgIpc) is 3.31. The average molecular weight is 435 g/mol. The van der Waals surface area contributed by atoms with Crippen LogP contribution in [-0.4, -0.2) is 39.7 Å². The number of hydrogen-bond donors (Lipinski definition) is 3. The molecule has 0 spiro atoms. The van der Waals surface area contributed by atoms with Crippen LogP contribution >= 0.6 is 0 Å². The predicted octanol–water partition coefficient (Wildman–Crippen LogP) is 4.84. The number of hydrogen-bond acceptors (Lipinski definition) is 8. The van der Waals surface area contributed by atoms with Gasteiger partial charge in [0.2, 0.25) is 5.95 Å². The number of carbonyl (C=O) groups excluding carboxylic acids is 1. The molecule has 2 aromatic carbocycles. The van der Waals surface area contributed by atoms with Crippen molar-refractivity contribution in [3.8, 4) is 11.5 Å². The van der Waals surface area contributed by atoms with Crippen LogP contribution in [0.4, 0.5) is 23.1 Å². The van der Waals surface area contributed by atoms with Gasteiger partial charge in [-0.05, 0) is 37.3 Å². The standard InChI is InChI=1S/C19H16N6O2.C2H4O.C2H6/c1-2-14(13-11-21-25-15(13)3-1)23-18-6-7-20-19(24-18)22-12-4-5-16-17(10-12)27-9-8-26-16;1-2-3;1-2/h1-7,10-11H,8-9H2,(H,21,25)(H2,20,22,23,24);2H,1H3;1-2H3. The topological polar surface area (TPSA) is 114 Å². The summed E-state index contributed by atoms with van der Waals surface area (Å²) in [7, 11) is 0. The molecule has 2 aromatic heterocycles. The molecule has 5 rings (SSSR count). The van der Waals surface area contributed by atoms with Crippen LogP contribution in [0.15, 0.2) is 54.9 Å². The first kappa shape index (κ1) is 22.5. The van der Waals surface area contributed by atoms with E-state index < -0.39 is 0 Å². The summed E-state index contributed by atoms with van der Waals surface area (Å²) in [6.07, 6.45) is 4.23. The molecule has 4 aromatic rings. The third-order valence-corrected chi connectivity index (χ3v) is 4.20. The molecule has 9 heteroatoms. The van der Waals surface area contributed by atoms with E-state index in [2.05, 4.69) is 30.8 Å². The summed E-state index contributed by atoms with van der Waals surface area (Å²) < 4.78 is 11.2. The highest BCUT2D eigenvalue weighted by atomic mass is 16.6. The van der Waals surface area contributed by atoms with E-state index >= 15 is 0 Å². The van der Waals surface area contributed by atoms with Crippen LogP contribution < -0.4 is 20.1 Å². The van der Waals surface area contributed by atoms with Crippen molar-refractivity contribution < 1.29 is 14.3 Å². The van der Waals surface area contributed by atoms with Crippen molar-refractivity contribution >= 4 is 40.3 Å². The van der Waals surface area contributed by atoms with Crippen LogP contribution in [0.25, 0.3) is 10.9 Å². The van der Waals surface area contributed by atoms with Crippen LogP contribution in [0, 0.1) is 0 Å². The van der Waals surface area contributed by atoms with E-state index in [-0.39, 0.29) is 0 Å². The van der Waals surface area contributed by atoms with Gasteiger partial charge >= 0.3 is 0 Å². The first-order valence-corrected chi connectivity index (χ1v) is 10.4. The fourth-order valence-electron chi connectivity index (χ4n) is 2.95. The Balaban J connectivity index is 0.000000536. The lowest BCUT2D eigenvalue weighted by Gasteiger charge is -2.19. The molecule has 0 saturated carbocycles. The van der Waals surface area contributed by atoms with E-state index in [9.17, 15) is 0 Å². The number of nitrogens with zero attached hydrogens (tertiary/aromatic N) is 3. The van der Waals surface area contributed by atoms with Gasteiger partial charge in [-0.15, -0.1) is 0 Å². The molecule has 3 heterocycles. The Bertz CT molecular complexity index is 1160. The Morgan fingerprint density at radius 1 is 1.03 bits per heavy atom. The highest BCUT2D eigenvalue weighted by Gasteiger charge is 2.12. The van der Waals surface area contributed by atoms with E-state index in [1.54, 1.807) is 12.4 Å². The van der Waals surface area contributed by atoms with Crippen molar-refractivity contribution in [1.82, 2.24) is 20.2 Å². The summed E-state index contributed by atoms with van der Waals surface area (Å²) in [5.74, 6) is 2.62. The van der Waals surface area contributed by atoms with E-state index in [4.69, 9.17) is 14.3 Å². The summed E-state index contributed by atoms with van der Waals surface area (Å²) in [6, 6.07) is 13.4. The first-order chi connectivity index (χ1) is 15.8.